The van der Waals surface area contributed by atoms with Crippen molar-refractivity contribution in [1.29, 1.82) is 0 Å². The van der Waals surface area contributed by atoms with Crippen molar-refractivity contribution in [1.82, 2.24) is 4.57 Å². The molecule has 0 saturated carbocycles. The number of para-hydroxylation sites is 3. The van der Waals surface area contributed by atoms with E-state index < -0.39 is 0 Å². The first-order valence-corrected chi connectivity index (χ1v) is 17.7. The molecule has 0 atom stereocenters. The van der Waals surface area contributed by atoms with Crippen LogP contribution in [0, 0.1) is 0 Å². The highest BCUT2D eigenvalue weighted by atomic mass is 16.3. The van der Waals surface area contributed by atoms with Crippen molar-refractivity contribution < 1.29 is 9.52 Å². The highest BCUT2D eigenvalue weighted by molar-refractivity contribution is 6.11. The van der Waals surface area contributed by atoms with Crippen LogP contribution in [0.4, 0.5) is 11.4 Å². The number of aromatic nitrogens is 1. The number of hydrogen-bond acceptors (Lipinski definition) is 3. The summed E-state index contributed by atoms with van der Waals surface area (Å²) in [6.45, 7) is 4.50. The number of anilines is 2. The monoisotopic (exact) mass is 670 g/mol. The van der Waals surface area contributed by atoms with Crippen LogP contribution in [-0.4, -0.2) is 9.67 Å². The molecule has 1 aliphatic heterocycles. The molecular formula is C48H34N2O2. The van der Waals surface area contributed by atoms with E-state index in [0.717, 1.165) is 74.5 Å². The Balaban J connectivity index is 1.09. The molecule has 0 spiro atoms. The Hall–Kier alpha value is -6.78. The lowest BCUT2D eigenvalue weighted by Crippen LogP contribution is -2.11. The third-order valence-corrected chi connectivity index (χ3v) is 10.5. The average molecular weight is 671 g/mol. The molecule has 2 aromatic heterocycles. The Morgan fingerprint density at radius 1 is 0.635 bits per heavy atom. The molecule has 0 saturated heterocycles. The van der Waals surface area contributed by atoms with E-state index in [9.17, 15) is 5.11 Å². The van der Waals surface area contributed by atoms with Crippen LogP contribution in [0.5, 0.6) is 5.75 Å². The molecule has 3 heterocycles. The van der Waals surface area contributed by atoms with E-state index >= 15 is 0 Å². The molecule has 10 rings (SSSR count). The number of phenols is 1. The first-order valence-electron chi connectivity index (χ1n) is 17.7. The molecular weight excluding hydrogens is 637 g/mol. The summed E-state index contributed by atoms with van der Waals surface area (Å²) in [7, 11) is 0. The predicted octanol–water partition coefficient (Wildman–Crippen LogP) is 12.6. The van der Waals surface area contributed by atoms with E-state index in [4.69, 9.17) is 4.42 Å². The fraction of sp³-hybridized carbons (Fsp3) is 0.0417. The van der Waals surface area contributed by atoms with E-state index in [-0.39, 0.29) is 5.75 Å². The molecule has 0 fully saturated rings. The van der Waals surface area contributed by atoms with Crippen molar-refractivity contribution in [2.75, 3.05) is 4.90 Å². The Bertz CT molecular complexity index is 2830. The molecule has 0 bridgehead atoms. The third-order valence-electron chi connectivity index (χ3n) is 10.5. The predicted molar refractivity (Wildman–Crippen MR) is 216 cm³/mol. The molecule has 248 valence electrons. The molecule has 0 radical (unpaired) electrons. The van der Waals surface area contributed by atoms with Crippen molar-refractivity contribution in [3.63, 3.8) is 0 Å². The minimum Gasteiger partial charge on any atom is -0.507 e. The molecule has 1 N–H and O–H groups in total. The summed E-state index contributed by atoms with van der Waals surface area (Å²) in [5.74, 6) is 1.27. The van der Waals surface area contributed by atoms with Gasteiger partial charge in [0.2, 0.25) is 0 Å². The average Bonchev–Trinajstić information content (AvgIpc) is 3.72. The van der Waals surface area contributed by atoms with Gasteiger partial charge in [-0.15, -0.1) is 0 Å². The zero-order chi connectivity index (χ0) is 34.8. The Morgan fingerprint density at radius 2 is 1.44 bits per heavy atom. The van der Waals surface area contributed by atoms with Gasteiger partial charge in [-0.05, 0) is 102 Å². The summed E-state index contributed by atoms with van der Waals surface area (Å²) in [5.41, 5.74) is 13.7. The molecule has 0 unspecified atom stereocenters. The topological polar surface area (TPSA) is 41.5 Å². The second-order valence-electron chi connectivity index (χ2n) is 13.5. The third kappa shape index (κ3) is 4.76. The minimum atomic E-state index is 0.258. The molecule has 52 heavy (non-hydrogen) atoms. The molecule has 2 aliphatic rings. The molecule has 1 aliphatic carbocycles. The smallest absolute Gasteiger partial charge is 0.144 e. The van der Waals surface area contributed by atoms with E-state index in [2.05, 4.69) is 131 Å². The molecule has 4 heteroatoms. The Morgan fingerprint density at radius 3 is 2.35 bits per heavy atom. The van der Waals surface area contributed by atoms with Gasteiger partial charge in [-0.25, -0.2) is 0 Å². The van der Waals surface area contributed by atoms with Crippen LogP contribution >= 0.6 is 0 Å². The first kappa shape index (κ1) is 30.1. The molecule has 8 aromatic rings. The van der Waals surface area contributed by atoms with Crippen molar-refractivity contribution in [3.8, 4) is 22.6 Å². The van der Waals surface area contributed by atoms with Crippen LogP contribution in [0.25, 0.3) is 66.8 Å². The maximum atomic E-state index is 10.6. The number of rotatable bonds is 4. The largest absolute Gasteiger partial charge is 0.507 e. The van der Waals surface area contributed by atoms with E-state index in [1.165, 1.54) is 32.9 Å². The Kier molecular flexibility index (Phi) is 6.90. The van der Waals surface area contributed by atoms with E-state index in [1.807, 2.05) is 42.5 Å². The Labute approximate surface area is 301 Å². The van der Waals surface area contributed by atoms with E-state index in [0.29, 0.717) is 0 Å². The van der Waals surface area contributed by atoms with Crippen molar-refractivity contribution in [2.45, 2.75) is 12.8 Å². The fourth-order valence-electron chi connectivity index (χ4n) is 8.06. The standard InChI is InChI=1S/C48H34N2O2/c1-31-12-9-10-27-49(36-16-11-13-34(28-36)37-17-6-8-20-45(37)51)44-25-23-39-41-30-33(22-26-46(41)52-48(39)47(31)44)32-21-24-43-40(29-32)38-18-5-7-19-42(38)50(43)35-14-3-2-4-15-35/h2-21,23-25,27-30,51H,1,22,26H2/b12-9-,27-10-. The number of aromatic hydroxyl groups is 1. The highest BCUT2D eigenvalue weighted by Gasteiger charge is 2.25. The summed E-state index contributed by atoms with van der Waals surface area (Å²) in [4.78, 5) is 2.18. The number of furan rings is 1. The number of fused-ring (bicyclic) bond motifs is 8. The number of benzene rings is 6. The van der Waals surface area contributed by atoms with Gasteiger partial charge in [-0.2, -0.15) is 0 Å². The van der Waals surface area contributed by atoms with Gasteiger partial charge in [-0.3, -0.25) is 0 Å². The van der Waals surface area contributed by atoms with Crippen LogP contribution in [0.15, 0.2) is 169 Å². The highest BCUT2D eigenvalue weighted by Crippen LogP contribution is 2.45. The zero-order valence-electron chi connectivity index (χ0n) is 28.5. The van der Waals surface area contributed by atoms with Gasteiger partial charge in [0.15, 0.2) is 0 Å². The van der Waals surface area contributed by atoms with Crippen molar-refractivity contribution in [3.05, 3.63) is 187 Å². The van der Waals surface area contributed by atoms with E-state index in [1.54, 1.807) is 6.07 Å². The second-order valence-corrected chi connectivity index (χ2v) is 13.5. The van der Waals surface area contributed by atoms with Gasteiger partial charge in [-0.1, -0.05) is 91.5 Å². The summed E-state index contributed by atoms with van der Waals surface area (Å²) in [5, 5.41) is 14.2. The number of allylic oxidation sites excluding steroid dienone is 5. The van der Waals surface area contributed by atoms with Gasteiger partial charge < -0.3 is 19.0 Å². The lowest BCUT2D eigenvalue weighted by Gasteiger charge is -2.25. The molecule has 4 nitrogen and oxygen atoms in total. The van der Waals surface area contributed by atoms with Crippen LogP contribution in [-0.2, 0) is 6.42 Å². The minimum absolute atomic E-state index is 0.258. The van der Waals surface area contributed by atoms with Gasteiger partial charge in [0.25, 0.3) is 0 Å². The maximum absolute atomic E-state index is 10.6. The lowest BCUT2D eigenvalue weighted by atomic mass is 9.90. The first-order chi connectivity index (χ1) is 25.6. The number of aryl methyl sites for hydroxylation is 1. The summed E-state index contributed by atoms with van der Waals surface area (Å²) < 4.78 is 9.15. The van der Waals surface area contributed by atoms with Crippen molar-refractivity contribution in [2.24, 2.45) is 0 Å². The summed E-state index contributed by atoms with van der Waals surface area (Å²) >= 11 is 0. The SMILES string of the molecule is C=C1/C=C\C=C/N(c2cccc(-c3ccccc3O)c2)c2ccc3c4c(oc3c21)CCC(c1ccc2c(c1)c1ccccc1n2-c1ccccc1)=C4. The summed E-state index contributed by atoms with van der Waals surface area (Å²) in [6, 6.07) is 46.3. The van der Waals surface area contributed by atoms with Gasteiger partial charge in [0.1, 0.15) is 17.1 Å². The van der Waals surface area contributed by atoms with Crippen LogP contribution in [0.3, 0.4) is 0 Å². The quantitative estimate of drug-likeness (QED) is 0.203. The zero-order valence-corrected chi connectivity index (χ0v) is 28.5. The van der Waals surface area contributed by atoms with Crippen LogP contribution < -0.4 is 4.90 Å². The normalized spacial score (nSPS) is 15.3. The number of nitrogens with zero attached hydrogens (tertiary/aromatic N) is 2. The number of phenolic OH excluding ortho intramolecular Hbond substituents is 1. The van der Waals surface area contributed by atoms with Crippen LogP contribution in [0.1, 0.15) is 28.9 Å². The fourth-order valence-corrected chi connectivity index (χ4v) is 8.06. The van der Waals surface area contributed by atoms with Gasteiger partial charge in [0, 0.05) is 56.8 Å². The van der Waals surface area contributed by atoms with Crippen LogP contribution in [0.2, 0.25) is 0 Å². The van der Waals surface area contributed by atoms with Crippen molar-refractivity contribution >= 4 is 61.4 Å². The summed E-state index contributed by atoms with van der Waals surface area (Å²) in [6.07, 6.45) is 12.2. The lowest BCUT2D eigenvalue weighted by molar-refractivity contribution is 0.477. The second kappa shape index (κ2) is 11.9. The molecule has 0 amide bonds. The number of hydrogen-bond donors (Lipinski definition) is 1. The maximum Gasteiger partial charge on any atom is 0.144 e. The van der Waals surface area contributed by atoms with Gasteiger partial charge in [0.05, 0.1) is 16.7 Å². The molecule has 6 aromatic carbocycles. The van der Waals surface area contributed by atoms with Gasteiger partial charge >= 0.3 is 0 Å².